The number of aliphatic carboxylic acids is 1. The summed E-state index contributed by atoms with van der Waals surface area (Å²) in [6.07, 6.45) is 0. The quantitative estimate of drug-likeness (QED) is 0.762. The molecule has 7 nitrogen and oxygen atoms in total. The van der Waals surface area contributed by atoms with Crippen LogP contribution in [-0.4, -0.2) is 38.3 Å². The SMILES string of the molecule is COC(=O)c1ccc(F)cc1NS(=O)(=O)CC(=O)O. The molecule has 0 spiro atoms. The van der Waals surface area contributed by atoms with Gasteiger partial charge in [0, 0.05) is 0 Å². The Balaban J connectivity index is 3.16. The smallest absolute Gasteiger partial charge is 0.339 e. The average molecular weight is 291 g/mol. The number of hydrogen-bond acceptors (Lipinski definition) is 5. The van der Waals surface area contributed by atoms with Crippen molar-refractivity contribution in [3.8, 4) is 0 Å². The molecule has 2 N–H and O–H groups in total. The van der Waals surface area contributed by atoms with Gasteiger partial charge < -0.3 is 9.84 Å². The molecular weight excluding hydrogens is 281 g/mol. The minimum absolute atomic E-state index is 0.224. The van der Waals surface area contributed by atoms with Crippen LogP contribution < -0.4 is 4.72 Å². The predicted molar refractivity (Wildman–Crippen MR) is 62.8 cm³/mol. The summed E-state index contributed by atoms with van der Waals surface area (Å²) in [5.74, 6) is -4.46. The van der Waals surface area contributed by atoms with Crippen LogP contribution in [0.3, 0.4) is 0 Å². The Bertz CT molecular complexity index is 612. The van der Waals surface area contributed by atoms with Crippen LogP contribution in [0, 0.1) is 5.82 Å². The number of carbonyl (C=O) groups is 2. The van der Waals surface area contributed by atoms with Crippen LogP contribution in [0.4, 0.5) is 10.1 Å². The van der Waals surface area contributed by atoms with E-state index in [-0.39, 0.29) is 11.3 Å². The van der Waals surface area contributed by atoms with Gasteiger partial charge in [0.15, 0.2) is 5.75 Å². The maximum absolute atomic E-state index is 13.0. The number of nitrogens with one attached hydrogen (secondary N) is 1. The number of ether oxygens (including phenoxy) is 1. The van der Waals surface area contributed by atoms with E-state index in [1.807, 2.05) is 4.72 Å². The van der Waals surface area contributed by atoms with Crippen LogP contribution in [0.25, 0.3) is 0 Å². The fraction of sp³-hybridized carbons (Fsp3) is 0.200. The van der Waals surface area contributed by atoms with Gasteiger partial charge in [0.1, 0.15) is 5.82 Å². The Morgan fingerprint density at radius 2 is 2.05 bits per heavy atom. The number of methoxy groups -OCH3 is 1. The summed E-state index contributed by atoms with van der Waals surface area (Å²) in [6.45, 7) is 0. The Hall–Kier alpha value is -2.16. The van der Waals surface area contributed by atoms with E-state index in [1.54, 1.807) is 0 Å². The van der Waals surface area contributed by atoms with E-state index < -0.39 is 33.5 Å². The Kier molecular flexibility index (Phi) is 4.43. The number of anilines is 1. The van der Waals surface area contributed by atoms with Crippen molar-refractivity contribution in [2.45, 2.75) is 0 Å². The zero-order valence-corrected chi connectivity index (χ0v) is 10.5. The third-order valence-electron chi connectivity index (χ3n) is 1.97. The van der Waals surface area contributed by atoms with E-state index in [2.05, 4.69) is 4.74 Å². The molecule has 0 aliphatic rings. The van der Waals surface area contributed by atoms with Gasteiger partial charge >= 0.3 is 11.9 Å². The summed E-state index contributed by atoms with van der Waals surface area (Å²) in [7, 11) is -3.17. The highest BCUT2D eigenvalue weighted by Gasteiger charge is 2.20. The molecule has 19 heavy (non-hydrogen) atoms. The van der Waals surface area contributed by atoms with Crippen molar-refractivity contribution in [2.24, 2.45) is 0 Å². The van der Waals surface area contributed by atoms with Crippen molar-refractivity contribution in [3.05, 3.63) is 29.6 Å². The van der Waals surface area contributed by atoms with E-state index in [0.717, 1.165) is 25.3 Å². The molecule has 0 saturated heterocycles. The topological polar surface area (TPSA) is 110 Å². The Morgan fingerprint density at radius 3 is 2.58 bits per heavy atom. The number of carboxylic acids is 1. The number of benzene rings is 1. The first-order valence-electron chi connectivity index (χ1n) is 4.85. The molecule has 0 heterocycles. The highest BCUT2D eigenvalue weighted by Crippen LogP contribution is 2.19. The lowest BCUT2D eigenvalue weighted by Gasteiger charge is -2.10. The first-order valence-corrected chi connectivity index (χ1v) is 6.50. The summed E-state index contributed by atoms with van der Waals surface area (Å²) < 4.78 is 42.1. The molecular formula is C10H10FNO6S. The fourth-order valence-corrected chi connectivity index (χ4v) is 2.16. The van der Waals surface area contributed by atoms with Gasteiger partial charge in [0.05, 0.1) is 18.4 Å². The second-order valence-electron chi connectivity index (χ2n) is 3.44. The van der Waals surface area contributed by atoms with Gasteiger partial charge in [-0.3, -0.25) is 9.52 Å². The third kappa shape index (κ3) is 4.21. The monoisotopic (exact) mass is 291 g/mol. The second-order valence-corrected chi connectivity index (χ2v) is 5.16. The lowest BCUT2D eigenvalue weighted by Crippen LogP contribution is -2.23. The minimum Gasteiger partial charge on any atom is -0.480 e. The van der Waals surface area contributed by atoms with E-state index in [9.17, 15) is 22.4 Å². The van der Waals surface area contributed by atoms with Crippen LogP contribution in [-0.2, 0) is 19.6 Å². The van der Waals surface area contributed by atoms with Gasteiger partial charge in [-0.05, 0) is 18.2 Å². The molecule has 0 aromatic heterocycles. The van der Waals surface area contributed by atoms with Crippen molar-refractivity contribution < 1.29 is 32.2 Å². The van der Waals surface area contributed by atoms with Crippen LogP contribution in [0.15, 0.2) is 18.2 Å². The largest absolute Gasteiger partial charge is 0.480 e. The van der Waals surface area contributed by atoms with Crippen LogP contribution >= 0.6 is 0 Å². The highest BCUT2D eigenvalue weighted by atomic mass is 32.2. The number of esters is 1. The Morgan fingerprint density at radius 1 is 1.42 bits per heavy atom. The molecule has 0 atom stereocenters. The molecule has 0 unspecified atom stereocenters. The molecule has 104 valence electrons. The van der Waals surface area contributed by atoms with E-state index in [4.69, 9.17) is 5.11 Å². The van der Waals surface area contributed by atoms with E-state index >= 15 is 0 Å². The zero-order valence-electron chi connectivity index (χ0n) is 9.71. The number of carbonyl (C=O) groups excluding carboxylic acids is 1. The van der Waals surface area contributed by atoms with Crippen molar-refractivity contribution in [1.29, 1.82) is 0 Å². The first kappa shape index (κ1) is 14.9. The standard InChI is InChI=1S/C10H10FNO6S/c1-18-10(15)7-3-2-6(11)4-8(7)12-19(16,17)5-9(13)14/h2-4,12H,5H2,1H3,(H,13,14). The number of sulfonamides is 1. The average Bonchev–Trinajstić information content (AvgIpc) is 2.25. The number of rotatable bonds is 5. The predicted octanol–water partition coefficient (Wildman–Crippen LogP) is 0.439. The maximum Gasteiger partial charge on any atom is 0.339 e. The third-order valence-corrected chi connectivity index (χ3v) is 3.12. The summed E-state index contributed by atoms with van der Waals surface area (Å²) in [5, 5.41) is 8.42. The molecule has 0 radical (unpaired) electrons. The van der Waals surface area contributed by atoms with Crippen molar-refractivity contribution >= 4 is 27.6 Å². The molecule has 0 bridgehead atoms. The summed E-state index contributed by atoms with van der Waals surface area (Å²) in [6, 6.07) is 2.73. The van der Waals surface area contributed by atoms with Gasteiger partial charge in [0.25, 0.3) is 0 Å². The molecule has 0 aliphatic heterocycles. The fourth-order valence-electron chi connectivity index (χ4n) is 1.26. The zero-order chi connectivity index (χ0) is 14.6. The van der Waals surface area contributed by atoms with Crippen LogP contribution in [0.2, 0.25) is 0 Å². The Labute approximate surface area is 108 Å². The maximum atomic E-state index is 13.0. The van der Waals surface area contributed by atoms with Crippen LogP contribution in [0.5, 0.6) is 0 Å². The van der Waals surface area contributed by atoms with Crippen LogP contribution in [0.1, 0.15) is 10.4 Å². The molecule has 9 heteroatoms. The summed E-state index contributed by atoms with van der Waals surface area (Å²) in [4.78, 5) is 21.7. The van der Waals surface area contributed by atoms with Crippen molar-refractivity contribution in [1.82, 2.24) is 0 Å². The molecule has 1 aromatic rings. The summed E-state index contributed by atoms with van der Waals surface area (Å²) in [5.41, 5.74) is -0.606. The van der Waals surface area contributed by atoms with E-state index in [0.29, 0.717) is 0 Å². The molecule has 1 aromatic carbocycles. The van der Waals surface area contributed by atoms with Crippen molar-refractivity contribution in [2.75, 3.05) is 17.6 Å². The molecule has 0 saturated carbocycles. The lowest BCUT2D eigenvalue weighted by molar-refractivity contribution is -0.134. The highest BCUT2D eigenvalue weighted by molar-refractivity contribution is 7.93. The van der Waals surface area contributed by atoms with Gasteiger partial charge in [-0.2, -0.15) is 0 Å². The molecule has 1 rings (SSSR count). The number of carboxylic acid groups (broad SMARTS) is 1. The summed E-state index contributed by atoms with van der Waals surface area (Å²) >= 11 is 0. The number of halogens is 1. The molecule has 0 fully saturated rings. The van der Waals surface area contributed by atoms with Gasteiger partial charge in [-0.25, -0.2) is 17.6 Å². The van der Waals surface area contributed by atoms with Gasteiger partial charge in [-0.1, -0.05) is 0 Å². The minimum atomic E-state index is -4.24. The van der Waals surface area contributed by atoms with Gasteiger partial charge in [0.2, 0.25) is 10.0 Å². The molecule has 0 amide bonds. The normalized spacial score (nSPS) is 10.8. The second kappa shape index (κ2) is 5.65. The van der Waals surface area contributed by atoms with Gasteiger partial charge in [-0.15, -0.1) is 0 Å². The van der Waals surface area contributed by atoms with Crippen molar-refractivity contribution in [3.63, 3.8) is 0 Å². The number of hydrogen-bond donors (Lipinski definition) is 2. The lowest BCUT2D eigenvalue weighted by atomic mass is 10.2. The van der Waals surface area contributed by atoms with E-state index in [1.165, 1.54) is 0 Å². The first-order chi connectivity index (χ1) is 8.75. The molecule has 0 aliphatic carbocycles.